The Balaban J connectivity index is 3.52. The minimum Gasteiger partial charge on any atom is -0.170 e. The van der Waals surface area contributed by atoms with Gasteiger partial charge < -0.3 is 0 Å². The van der Waals surface area contributed by atoms with E-state index in [-0.39, 0.29) is 5.56 Å². The van der Waals surface area contributed by atoms with E-state index in [0.29, 0.717) is 22.3 Å². The first-order valence-electron chi connectivity index (χ1n) is 6.13. The average molecular weight is 377 g/mol. The first kappa shape index (κ1) is 18.3. The highest BCUT2D eigenvalue weighted by Crippen LogP contribution is 2.51. The summed E-state index contributed by atoms with van der Waals surface area (Å²) in [4.78, 5) is -1.86. The van der Waals surface area contributed by atoms with E-state index >= 15 is 0 Å². The monoisotopic (exact) mass is 376 g/mol. The van der Waals surface area contributed by atoms with Gasteiger partial charge in [-0.05, 0) is 55.5 Å². The molecule has 0 aliphatic heterocycles. The number of benzene rings is 1. The fourth-order valence-electron chi connectivity index (χ4n) is 2.35. The van der Waals surface area contributed by atoms with Crippen LogP contribution in [0.5, 0.6) is 0 Å². The maximum Gasteiger partial charge on any atom is 0.401 e. The molecular formula is C14H15BrF6. The maximum absolute atomic E-state index is 12.9. The lowest BCUT2D eigenvalue weighted by molar-refractivity contribution is -0.283. The summed E-state index contributed by atoms with van der Waals surface area (Å²) in [6, 6.07) is 1.75. The molecule has 1 aromatic rings. The summed E-state index contributed by atoms with van der Waals surface area (Å²) < 4.78 is 77.2. The highest BCUT2D eigenvalue weighted by Gasteiger charge is 2.60. The van der Waals surface area contributed by atoms with Gasteiger partial charge in [0, 0.05) is 0 Å². The molecule has 0 saturated heterocycles. The summed E-state index contributed by atoms with van der Waals surface area (Å²) in [5, 5.41) is 0. The lowest BCUT2D eigenvalue weighted by Gasteiger charge is -2.30. The van der Waals surface area contributed by atoms with Crippen molar-refractivity contribution in [2.24, 2.45) is 5.92 Å². The molecule has 0 fully saturated rings. The first-order valence-corrected chi connectivity index (χ1v) is 7.04. The second-order valence-corrected chi connectivity index (χ2v) is 6.12. The van der Waals surface area contributed by atoms with Crippen molar-refractivity contribution >= 4 is 15.9 Å². The van der Waals surface area contributed by atoms with Crippen LogP contribution in [0.15, 0.2) is 6.07 Å². The van der Waals surface area contributed by atoms with Crippen LogP contribution in [-0.4, -0.2) is 12.4 Å². The smallest absolute Gasteiger partial charge is 0.170 e. The Morgan fingerprint density at radius 2 is 1.14 bits per heavy atom. The van der Waals surface area contributed by atoms with Crippen molar-refractivity contribution in [3.63, 3.8) is 0 Å². The average Bonchev–Trinajstić information content (AvgIpc) is 2.22. The standard InChI is InChI=1S/C14H15BrF6/c1-6-5-7(2)9(4)10(8(6)3)11(15)12(13(16,17)18)14(19,20)21/h5,11-12H,1-4H3. The van der Waals surface area contributed by atoms with E-state index in [1.165, 1.54) is 13.8 Å². The Hall–Kier alpha value is -0.720. The minimum absolute atomic E-state index is 0.0622. The molecule has 0 N–H and O–H groups in total. The number of alkyl halides is 7. The number of aryl methyl sites for hydroxylation is 2. The number of rotatable bonds is 2. The van der Waals surface area contributed by atoms with E-state index in [0.717, 1.165) is 0 Å². The van der Waals surface area contributed by atoms with Gasteiger partial charge in [0.2, 0.25) is 0 Å². The Morgan fingerprint density at radius 1 is 0.810 bits per heavy atom. The molecule has 1 aromatic carbocycles. The molecule has 1 atom stereocenters. The van der Waals surface area contributed by atoms with E-state index in [2.05, 4.69) is 15.9 Å². The molecule has 1 rings (SSSR count). The van der Waals surface area contributed by atoms with Crippen LogP contribution in [0.1, 0.15) is 32.6 Å². The van der Waals surface area contributed by atoms with E-state index in [1.54, 1.807) is 19.9 Å². The quantitative estimate of drug-likeness (QED) is 0.432. The molecule has 0 aliphatic rings. The Labute approximate surface area is 127 Å². The van der Waals surface area contributed by atoms with Gasteiger partial charge in [-0.25, -0.2) is 0 Å². The SMILES string of the molecule is Cc1cc(C)c(C)c(C(Br)C(C(F)(F)F)C(F)(F)F)c1C. The lowest BCUT2D eigenvalue weighted by atomic mass is 9.87. The molecule has 0 saturated carbocycles. The third kappa shape index (κ3) is 3.73. The summed E-state index contributed by atoms with van der Waals surface area (Å²) in [7, 11) is 0. The normalized spacial score (nSPS) is 14.7. The molecule has 0 nitrogen and oxygen atoms in total. The molecule has 7 heteroatoms. The molecule has 0 aliphatic carbocycles. The van der Waals surface area contributed by atoms with Crippen molar-refractivity contribution in [2.45, 2.75) is 44.9 Å². The second kappa shape index (κ2) is 5.82. The van der Waals surface area contributed by atoms with E-state index in [9.17, 15) is 26.3 Å². The predicted octanol–water partition coefficient (Wildman–Crippen LogP) is 6.10. The van der Waals surface area contributed by atoms with Crippen molar-refractivity contribution in [3.05, 3.63) is 33.9 Å². The van der Waals surface area contributed by atoms with Gasteiger partial charge in [0.25, 0.3) is 0 Å². The fourth-order valence-corrected chi connectivity index (χ4v) is 3.63. The summed E-state index contributed by atoms with van der Waals surface area (Å²) in [6.07, 6.45) is -10.7. The van der Waals surface area contributed by atoms with Gasteiger partial charge in [-0.15, -0.1) is 0 Å². The molecule has 0 aromatic heterocycles. The molecular weight excluding hydrogens is 362 g/mol. The van der Waals surface area contributed by atoms with Crippen LogP contribution < -0.4 is 0 Å². The van der Waals surface area contributed by atoms with E-state index in [1.807, 2.05) is 0 Å². The maximum atomic E-state index is 12.9. The van der Waals surface area contributed by atoms with E-state index in [4.69, 9.17) is 0 Å². The topological polar surface area (TPSA) is 0 Å². The van der Waals surface area contributed by atoms with Gasteiger partial charge in [0.05, 0.1) is 4.83 Å². The van der Waals surface area contributed by atoms with Gasteiger partial charge in [0.15, 0.2) is 5.92 Å². The zero-order valence-corrected chi connectivity index (χ0v) is 13.5. The minimum atomic E-state index is -5.37. The number of halogens is 7. The van der Waals surface area contributed by atoms with Crippen molar-refractivity contribution in [1.82, 2.24) is 0 Å². The van der Waals surface area contributed by atoms with Gasteiger partial charge in [-0.1, -0.05) is 22.0 Å². The molecule has 0 spiro atoms. The van der Waals surface area contributed by atoms with Gasteiger partial charge in [-0.2, -0.15) is 26.3 Å². The molecule has 0 amide bonds. The Bertz CT molecular complexity index is 489. The van der Waals surface area contributed by atoms with Crippen molar-refractivity contribution in [3.8, 4) is 0 Å². The van der Waals surface area contributed by atoms with Gasteiger partial charge >= 0.3 is 12.4 Å². The highest BCUT2D eigenvalue weighted by molar-refractivity contribution is 9.09. The first-order chi connectivity index (χ1) is 9.28. The molecule has 1 unspecified atom stereocenters. The van der Waals surface area contributed by atoms with Crippen LogP contribution in [0.4, 0.5) is 26.3 Å². The molecule has 0 radical (unpaired) electrons. The van der Waals surface area contributed by atoms with Crippen molar-refractivity contribution < 1.29 is 26.3 Å². The molecule has 120 valence electrons. The van der Waals surface area contributed by atoms with Crippen LogP contribution in [0.3, 0.4) is 0 Å². The van der Waals surface area contributed by atoms with Crippen LogP contribution in [0.2, 0.25) is 0 Å². The van der Waals surface area contributed by atoms with Crippen LogP contribution in [0, 0.1) is 33.6 Å². The van der Waals surface area contributed by atoms with Gasteiger partial charge in [-0.3, -0.25) is 0 Å². The zero-order valence-electron chi connectivity index (χ0n) is 11.9. The third-order valence-electron chi connectivity index (χ3n) is 3.70. The van der Waals surface area contributed by atoms with Crippen LogP contribution in [0.25, 0.3) is 0 Å². The summed E-state index contributed by atoms with van der Waals surface area (Å²) in [6.45, 7) is 6.41. The number of hydrogen-bond acceptors (Lipinski definition) is 0. The van der Waals surface area contributed by atoms with Crippen LogP contribution in [-0.2, 0) is 0 Å². The Kier molecular flexibility index (Phi) is 5.08. The molecule has 0 bridgehead atoms. The summed E-state index contributed by atoms with van der Waals surface area (Å²) in [5.41, 5.74) is 2.28. The molecule has 0 heterocycles. The number of hydrogen-bond donors (Lipinski definition) is 0. The Morgan fingerprint density at radius 3 is 1.43 bits per heavy atom. The third-order valence-corrected chi connectivity index (χ3v) is 4.68. The van der Waals surface area contributed by atoms with Crippen LogP contribution >= 0.6 is 15.9 Å². The fraction of sp³-hybridized carbons (Fsp3) is 0.571. The van der Waals surface area contributed by atoms with Crippen molar-refractivity contribution in [2.75, 3.05) is 0 Å². The summed E-state index contributed by atoms with van der Waals surface area (Å²) >= 11 is 2.65. The lowest BCUT2D eigenvalue weighted by Crippen LogP contribution is -2.39. The summed E-state index contributed by atoms with van der Waals surface area (Å²) in [5.74, 6) is -3.44. The highest BCUT2D eigenvalue weighted by atomic mass is 79.9. The molecule has 21 heavy (non-hydrogen) atoms. The predicted molar refractivity (Wildman–Crippen MR) is 72.7 cm³/mol. The second-order valence-electron chi connectivity index (χ2n) is 5.14. The largest absolute Gasteiger partial charge is 0.401 e. The van der Waals surface area contributed by atoms with Crippen molar-refractivity contribution in [1.29, 1.82) is 0 Å². The zero-order chi connectivity index (χ0) is 16.7. The van der Waals surface area contributed by atoms with Gasteiger partial charge in [0.1, 0.15) is 0 Å². The van der Waals surface area contributed by atoms with E-state index < -0.39 is 23.1 Å².